The van der Waals surface area contributed by atoms with Gasteiger partial charge in [-0.2, -0.15) is 0 Å². The molecule has 1 atom stereocenters. The van der Waals surface area contributed by atoms with E-state index in [0.29, 0.717) is 9.79 Å². The number of nitrogens with zero attached hydrogens (tertiary/aromatic N) is 1. The van der Waals surface area contributed by atoms with Crippen molar-refractivity contribution in [3.8, 4) is 0 Å². The van der Waals surface area contributed by atoms with Gasteiger partial charge in [0.2, 0.25) is 0 Å². The van der Waals surface area contributed by atoms with Crippen molar-refractivity contribution < 1.29 is 33.7 Å². The second-order valence-corrected chi connectivity index (χ2v) is 13.7. The molecule has 35 heavy (non-hydrogen) atoms. The lowest BCUT2D eigenvalue weighted by molar-refractivity contribution is -0.933. The zero-order valence-corrected chi connectivity index (χ0v) is 23.7. The highest BCUT2D eigenvalue weighted by molar-refractivity contribution is 7.91. The Balaban J connectivity index is 0.00000306. The average molecular weight is 566 g/mol. The quantitative estimate of drug-likeness (QED) is 0.422. The van der Waals surface area contributed by atoms with Crippen LogP contribution in [0.15, 0.2) is 58.3 Å². The number of benzene rings is 2. The molecule has 0 radical (unpaired) electrons. The highest BCUT2D eigenvalue weighted by Gasteiger charge is 2.32. The molecule has 10 heteroatoms. The van der Waals surface area contributed by atoms with Crippen molar-refractivity contribution in [1.82, 2.24) is 0 Å². The van der Waals surface area contributed by atoms with E-state index in [-0.39, 0.29) is 30.9 Å². The molecule has 0 bridgehead atoms. The normalized spacial score (nSPS) is 17.7. The molecule has 6 nitrogen and oxygen atoms in total. The molecule has 2 aromatic carbocycles. The van der Waals surface area contributed by atoms with Crippen molar-refractivity contribution in [2.45, 2.75) is 54.4 Å². The number of rotatable bonds is 10. The molecule has 1 heterocycles. The SMILES string of the molecule is CS(=O)(=O)c1ccc(CCC[N+]2(CCCc3ccc(S(C)(=O)=O)cc3)CCC[C@H](N)C2)cc1.Cl.[Cl-]. The van der Waals surface area contributed by atoms with Crippen LogP contribution in [0.4, 0.5) is 0 Å². The maximum atomic E-state index is 11.7. The van der Waals surface area contributed by atoms with E-state index in [1.165, 1.54) is 12.5 Å². The Morgan fingerprint density at radius 1 is 0.800 bits per heavy atom. The van der Waals surface area contributed by atoms with Gasteiger partial charge in [0.05, 0.1) is 42.0 Å². The molecule has 0 aromatic heterocycles. The van der Waals surface area contributed by atoms with Crippen molar-refractivity contribution in [3.05, 3.63) is 59.7 Å². The molecule has 0 aliphatic carbocycles. The third-order valence-electron chi connectivity index (χ3n) is 6.73. The fraction of sp³-hybridized carbons (Fsp3) is 0.520. The molecule has 0 spiro atoms. The van der Waals surface area contributed by atoms with Crippen LogP contribution in [0.3, 0.4) is 0 Å². The zero-order valence-electron chi connectivity index (χ0n) is 20.5. The first-order valence-electron chi connectivity index (χ1n) is 11.7. The zero-order chi connectivity index (χ0) is 24.1. The van der Waals surface area contributed by atoms with Gasteiger partial charge in [-0.3, -0.25) is 0 Å². The number of hydrogen-bond acceptors (Lipinski definition) is 5. The van der Waals surface area contributed by atoms with Crippen LogP contribution in [0.2, 0.25) is 0 Å². The summed E-state index contributed by atoms with van der Waals surface area (Å²) in [5, 5.41) is 0. The number of piperidine rings is 1. The third kappa shape index (κ3) is 9.67. The number of likely N-dealkylation sites (tertiary alicyclic amines) is 1. The van der Waals surface area contributed by atoms with Crippen molar-refractivity contribution in [2.24, 2.45) is 5.73 Å². The largest absolute Gasteiger partial charge is 1.00 e. The van der Waals surface area contributed by atoms with Gasteiger partial charge in [0.1, 0.15) is 0 Å². The van der Waals surface area contributed by atoms with E-state index >= 15 is 0 Å². The lowest BCUT2D eigenvalue weighted by Crippen LogP contribution is -3.00. The van der Waals surface area contributed by atoms with Gasteiger partial charge in [-0.1, -0.05) is 24.3 Å². The summed E-state index contributed by atoms with van der Waals surface area (Å²) >= 11 is 0. The van der Waals surface area contributed by atoms with Crippen LogP contribution in [0.25, 0.3) is 0 Å². The standard InChI is InChI=1S/C25H37N2O4S2.2ClH/c1-32(28,29)24-13-9-21(10-14-24)6-3-17-27(19-5-8-23(26)20-27)18-4-7-22-11-15-25(16-12-22)33(2,30)31;;/h9-16,23H,3-8,17-20,26H2,1-2H3;2*1H/q+1;;/p-1/t23-;;/m0../s1. The predicted octanol–water partition coefficient (Wildman–Crippen LogP) is 0.423. The van der Waals surface area contributed by atoms with Gasteiger partial charge in [-0.15, -0.1) is 12.4 Å². The summed E-state index contributed by atoms with van der Waals surface area (Å²) in [4.78, 5) is 0.725. The van der Waals surface area contributed by atoms with Crippen LogP contribution in [-0.2, 0) is 32.5 Å². The third-order valence-corrected chi connectivity index (χ3v) is 8.98. The van der Waals surface area contributed by atoms with Crippen LogP contribution < -0.4 is 18.1 Å². The molecule has 0 saturated carbocycles. The molecule has 0 unspecified atom stereocenters. The molecular weight excluding hydrogens is 527 g/mol. The van der Waals surface area contributed by atoms with Crippen molar-refractivity contribution >= 4 is 32.1 Å². The lowest BCUT2D eigenvalue weighted by atomic mass is 10.00. The summed E-state index contributed by atoms with van der Waals surface area (Å²) in [7, 11) is -6.33. The molecule has 198 valence electrons. The molecule has 2 aromatic rings. The van der Waals surface area contributed by atoms with E-state index in [2.05, 4.69) is 0 Å². The molecule has 1 aliphatic rings. The molecule has 2 N–H and O–H groups in total. The van der Waals surface area contributed by atoms with Gasteiger partial charge >= 0.3 is 0 Å². The summed E-state index contributed by atoms with van der Waals surface area (Å²) in [5.74, 6) is 0. The summed E-state index contributed by atoms with van der Waals surface area (Å²) in [6.07, 6.45) is 8.61. The number of aryl methyl sites for hydroxylation is 2. The average Bonchev–Trinajstić information content (AvgIpc) is 2.73. The monoisotopic (exact) mass is 564 g/mol. The second-order valence-electron chi connectivity index (χ2n) is 9.64. The number of sulfone groups is 2. The van der Waals surface area contributed by atoms with Gasteiger partial charge in [-0.05, 0) is 61.1 Å². The number of nitrogens with two attached hydrogens (primary N) is 1. The first-order valence-corrected chi connectivity index (χ1v) is 15.4. The van der Waals surface area contributed by atoms with Crippen LogP contribution in [0.1, 0.15) is 36.8 Å². The second kappa shape index (κ2) is 13.4. The highest BCUT2D eigenvalue weighted by Crippen LogP contribution is 2.22. The van der Waals surface area contributed by atoms with E-state index in [4.69, 9.17) is 5.73 Å². The van der Waals surface area contributed by atoms with Crippen LogP contribution >= 0.6 is 12.4 Å². The van der Waals surface area contributed by atoms with Gasteiger partial charge in [-0.25, -0.2) is 16.8 Å². The Kier molecular flexibility index (Phi) is 12.2. The Bertz CT molecular complexity index is 1060. The van der Waals surface area contributed by atoms with Crippen LogP contribution in [0.5, 0.6) is 0 Å². The Morgan fingerprint density at radius 2 is 1.20 bits per heavy atom. The first-order chi connectivity index (χ1) is 15.5. The number of halogens is 2. The van der Waals surface area contributed by atoms with Gasteiger partial charge < -0.3 is 22.6 Å². The van der Waals surface area contributed by atoms with Gasteiger partial charge in [0.15, 0.2) is 19.7 Å². The Hall–Kier alpha value is -1.16. The van der Waals surface area contributed by atoms with Crippen LogP contribution in [0, 0.1) is 0 Å². The van der Waals surface area contributed by atoms with E-state index in [9.17, 15) is 16.8 Å². The van der Waals surface area contributed by atoms with Crippen molar-refractivity contribution in [3.63, 3.8) is 0 Å². The van der Waals surface area contributed by atoms with E-state index < -0.39 is 19.7 Å². The van der Waals surface area contributed by atoms with Gasteiger partial charge in [0, 0.05) is 25.4 Å². The van der Waals surface area contributed by atoms with Crippen LogP contribution in [-0.4, -0.2) is 66.1 Å². The first kappa shape index (κ1) is 31.9. The van der Waals surface area contributed by atoms with Crippen molar-refractivity contribution in [2.75, 3.05) is 38.7 Å². The van der Waals surface area contributed by atoms with Crippen molar-refractivity contribution in [1.29, 1.82) is 0 Å². The molecule has 1 saturated heterocycles. The molecule has 3 rings (SSSR count). The summed E-state index contributed by atoms with van der Waals surface area (Å²) < 4.78 is 47.7. The summed E-state index contributed by atoms with van der Waals surface area (Å²) in [6.45, 7) is 4.27. The number of quaternary nitrogens is 1. The fourth-order valence-corrected chi connectivity index (χ4v) is 6.19. The predicted molar refractivity (Wildman–Crippen MR) is 140 cm³/mol. The van der Waals surface area contributed by atoms with E-state index in [1.807, 2.05) is 24.3 Å². The highest BCUT2D eigenvalue weighted by atomic mass is 35.5. The minimum absolute atomic E-state index is 0. The minimum atomic E-state index is -3.16. The molecular formula is C25H38Cl2N2O4S2. The maximum absolute atomic E-state index is 11.7. The lowest BCUT2D eigenvalue weighted by Gasteiger charge is -2.44. The Labute approximate surface area is 223 Å². The van der Waals surface area contributed by atoms with Gasteiger partial charge in [0.25, 0.3) is 0 Å². The topological polar surface area (TPSA) is 94.3 Å². The molecule has 0 amide bonds. The summed E-state index contributed by atoms with van der Waals surface area (Å²) in [5.41, 5.74) is 8.68. The minimum Gasteiger partial charge on any atom is -1.00 e. The van der Waals surface area contributed by atoms with E-state index in [1.54, 1.807) is 24.3 Å². The Morgan fingerprint density at radius 3 is 1.54 bits per heavy atom. The summed E-state index contributed by atoms with van der Waals surface area (Å²) in [6, 6.07) is 14.7. The smallest absolute Gasteiger partial charge is 0.175 e. The number of hydrogen-bond donors (Lipinski definition) is 1. The molecule has 1 aliphatic heterocycles. The molecule has 1 fully saturated rings. The maximum Gasteiger partial charge on any atom is 0.175 e. The van der Waals surface area contributed by atoms with E-state index in [0.717, 1.165) is 80.3 Å². The fourth-order valence-electron chi connectivity index (χ4n) is 4.93.